The van der Waals surface area contributed by atoms with Crippen LogP contribution in [0.4, 0.5) is 0 Å². The van der Waals surface area contributed by atoms with E-state index in [0.717, 1.165) is 12.8 Å². The van der Waals surface area contributed by atoms with Gasteiger partial charge in [-0.3, -0.25) is 4.79 Å². The molecule has 0 heterocycles. The predicted molar refractivity (Wildman–Crippen MR) is 60.3 cm³/mol. The summed E-state index contributed by atoms with van der Waals surface area (Å²) in [6, 6.07) is 0.718. The first-order chi connectivity index (χ1) is 6.49. The van der Waals surface area contributed by atoms with E-state index < -0.39 is 0 Å². The van der Waals surface area contributed by atoms with Crippen molar-refractivity contribution < 1.29 is 4.79 Å². The fraction of sp³-hybridized carbons (Fsp3) is 0.909. The lowest BCUT2D eigenvalue weighted by Crippen LogP contribution is -2.41. The molecule has 0 spiro atoms. The number of carbonyl (C=O) groups is 1. The first kappa shape index (κ1) is 13.4. The molecular weight excluding hydrogens is 176 g/mol. The van der Waals surface area contributed by atoms with Gasteiger partial charge in [-0.1, -0.05) is 13.3 Å². The first-order valence-corrected chi connectivity index (χ1v) is 5.48. The van der Waals surface area contributed by atoms with Crippen LogP contribution in [-0.4, -0.2) is 36.5 Å². The van der Waals surface area contributed by atoms with Crippen molar-refractivity contribution in [2.24, 2.45) is 0 Å². The van der Waals surface area contributed by atoms with E-state index in [1.165, 1.54) is 0 Å². The predicted octanol–water partition coefficient (Wildman–Crippen LogP) is 1.63. The summed E-state index contributed by atoms with van der Waals surface area (Å²) in [5.41, 5.74) is 0. The van der Waals surface area contributed by atoms with Crippen LogP contribution in [0.15, 0.2) is 0 Å². The number of amides is 1. The Balaban J connectivity index is 3.73. The topological polar surface area (TPSA) is 32.3 Å². The lowest BCUT2D eigenvalue weighted by molar-refractivity contribution is -0.130. The van der Waals surface area contributed by atoms with Gasteiger partial charge < -0.3 is 10.2 Å². The highest BCUT2D eigenvalue weighted by atomic mass is 16.2. The monoisotopic (exact) mass is 200 g/mol. The highest BCUT2D eigenvalue weighted by Crippen LogP contribution is 1.96. The summed E-state index contributed by atoms with van der Waals surface area (Å²) in [7, 11) is 1.85. The van der Waals surface area contributed by atoms with Crippen LogP contribution in [0.25, 0.3) is 0 Å². The number of nitrogens with zero attached hydrogens (tertiary/aromatic N) is 1. The summed E-state index contributed by atoms with van der Waals surface area (Å²) in [5, 5.41) is 3.23. The number of rotatable bonds is 6. The first-order valence-electron chi connectivity index (χ1n) is 5.48. The normalized spacial score (nSPS) is 13.0. The van der Waals surface area contributed by atoms with E-state index in [1.54, 1.807) is 4.90 Å². The van der Waals surface area contributed by atoms with Crippen molar-refractivity contribution in [3.63, 3.8) is 0 Å². The average Bonchev–Trinajstić information content (AvgIpc) is 2.13. The van der Waals surface area contributed by atoms with Crippen LogP contribution in [-0.2, 0) is 4.79 Å². The van der Waals surface area contributed by atoms with Crippen LogP contribution in [0, 0.1) is 0 Å². The second-order valence-corrected chi connectivity index (χ2v) is 4.17. The molecule has 0 aromatic rings. The zero-order valence-corrected chi connectivity index (χ0v) is 10.1. The molecule has 0 radical (unpaired) electrons. The second-order valence-electron chi connectivity index (χ2n) is 4.17. The van der Waals surface area contributed by atoms with E-state index in [4.69, 9.17) is 0 Å². The molecule has 0 saturated heterocycles. The SMILES string of the molecule is CCCC(C)NCC(=O)N(C)C(C)C. The molecule has 1 unspecified atom stereocenters. The molecule has 0 aromatic carbocycles. The van der Waals surface area contributed by atoms with Crippen molar-refractivity contribution in [3.05, 3.63) is 0 Å². The molecule has 0 bridgehead atoms. The van der Waals surface area contributed by atoms with Gasteiger partial charge in [0.05, 0.1) is 6.54 Å². The van der Waals surface area contributed by atoms with Crippen LogP contribution in [0.3, 0.4) is 0 Å². The van der Waals surface area contributed by atoms with Gasteiger partial charge in [-0.15, -0.1) is 0 Å². The fourth-order valence-corrected chi connectivity index (χ4v) is 1.21. The lowest BCUT2D eigenvalue weighted by Gasteiger charge is -2.22. The maximum atomic E-state index is 11.6. The van der Waals surface area contributed by atoms with Crippen LogP contribution < -0.4 is 5.32 Å². The minimum atomic E-state index is 0.169. The maximum absolute atomic E-state index is 11.6. The Morgan fingerprint density at radius 3 is 2.36 bits per heavy atom. The minimum absolute atomic E-state index is 0.169. The van der Waals surface area contributed by atoms with Crippen molar-refractivity contribution in [3.8, 4) is 0 Å². The van der Waals surface area contributed by atoms with E-state index in [0.29, 0.717) is 12.6 Å². The third-order valence-corrected chi connectivity index (χ3v) is 2.49. The van der Waals surface area contributed by atoms with E-state index >= 15 is 0 Å². The van der Waals surface area contributed by atoms with Crippen LogP contribution >= 0.6 is 0 Å². The molecule has 0 aromatic heterocycles. The van der Waals surface area contributed by atoms with E-state index in [2.05, 4.69) is 19.2 Å². The standard InChI is InChI=1S/C11H24N2O/c1-6-7-10(4)12-8-11(14)13(5)9(2)3/h9-10,12H,6-8H2,1-5H3. The molecule has 0 fully saturated rings. The zero-order chi connectivity index (χ0) is 11.1. The van der Waals surface area contributed by atoms with Gasteiger partial charge in [0.2, 0.25) is 5.91 Å². The molecular formula is C11H24N2O. The average molecular weight is 200 g/mol. The van der Waals surface area contributed by atoms with Crippen LogP contribution in [0.5, 0.6) is 0 Å². The van der Waals surface area contributed by atoms with Gasteiger partial charge in [-0.05, 0) is 27.2 Å². The molecule has 84 valence electrons. The summed E-state index contributed by atoms with van der Waals surface area (Å²) in [6.45, 7) is 8.77. The largest absolute Gasteiger partial charge is 0.342 e. The molecule has 0 saturated carbocycles. The Kier molecular flexibility index (Phi) is 6.54. The summed E-state index contributed by atoms with van der Waals surface area (Å²) < 4.78 is 0. The van der Waals surface area contributed by atoms with Crippen molar-refractivity contribution in [2.75, 3.05) is 13.6 Å². The quantitative estimate of drug-likeness (QED) is 0.707. The van der Waals surface area contributed by atoms with Gasteiger partial charge in [0.25, 0.3) is 0 Å². The molecule has 3 heteroatoms. The van der Waals surface area contributed by atoms with E-state index in [9.17, 15) is 4.79 Å². The Hall–Kier alpha value is -0.570. The summed E-state index contributed by atoms with van der Waals surface area (Å²) in [4.78, 5) is 13.3. The van der Waals surface area contributed by atoms with Crippen LogP contribution in [0.1, 0.15) is 40.5 Å². The Morgan fingerprint density at radius 1 is 1.36 bits per heavy atom. The third kappa shape index (κ3) is 5.22. The van der Waals surface area contributed by atoms with Crippen LogP contribution in [0.2, 0.25) is 0 Å². The summed E-state index contributed by atoms with van der Waals surface area (Å²) >= 11 is 0. The van der Waals surface area contributed by atoms with Gasteiger partial charge in [0, 0.05) is 19.1 Å². The molecule has 0 aliphatic rings. The minimum Gasteiger partial charge on any atom is -0.342 e. The molecule has 1 amide bonds. The molecule has 0 rings (SSSR count). The number of hydrogen-bond acceptors (Lipinski definition) is 2. The number of hydrogen-bond donors (Lipinski definition) is 1. The highest BCUT2D eigenvalue weighted by Gasteiger charge is 2.11. The molecule has 0 aliphatic carbocycles. The van der Waals surface area contributed by atoms with Gasteiger partial charge >= 0.3 is 0 Å². The van der Waals surface area contributed by atoms with Crippen molar-refractivity contribution in [1.29, 1.82) is 0 Å². The molecule has 1 N–H and O–H groups in total. The summed E-state index contributed by atoms with van der Waals surface area (Å²) in [6.07, 6.45) is 2.28. The van der Waals surface area contributed by atoms with E-state index in [-0.39, 0.29) is 11.9 Å². The highest BCUT2D eigenvalue weighted by molar-refractivity contribution is 5.78. The third-order valence-electron chi connectivity index (χ3n) is 2.49. The number of carbonyl (C=O) groups excluding carboxylic acids is 1. The number of likely N-dealkylation sites (N-methyl/N-ethyl adjacent to an activating group) is 1. The Morgan fingerprint density at radius 2 is 1.93 bits per heavy atom. The van der Waals surface area contributed by atoms with Gasteiger partial charge in [-0.2, -0.15) is 0 Å². The Labute approximate surface area is 87.9 Å². The summed E-state index contributed by atoms with van der Waals surface area (Å²) in [5.74, 6) is 0.169. The van der Waals surface area contributed by atoms with Crippen molar-refractivity contribution in [1.82, 2.24) is 10.2 Å². The Bertz CT molecular complexity index is 169. The molecule has 3 nitrogen and oxygen atoms in total. The molecule has 0 aliphatic heterocycles. The zero-order valence-electron chi connectivity index (χ0n) is 10.1. The van der Waals surface area contributed by atoms with Gasteiger partial charge in [-0.25, -0.2) is 0 Å². The molecule has 14 heavy (non-hydrogen) atoms. The van der Waals surface area contributed by atoms with Gasteiger partial charge in [0.1, 0.15) is 0 Å². The number of nitrogens with one attached hydrogen (secondary N) is 1. The van der Waals surface area contributed by atoms with Crippen molar-refractivity contribution in [2.45, 2.75) is 52.6 Å². The van der Waals surface area contributed by atoms with E-state index in [1.807, 2.05) is 20.9 Å². The second kappa shape index (κ2) is 6.82. The fourth-order valence-electron chi connectivity index (χ4n) is 1.21. The molecule has 1 atom stereocenters. The van der Waals surface area contributed by atoms with Crippen molar-refractivity contribution >= 4 is 5.91 Å². The lowest BCUT2D eigenvalue weighted by atomic mass is 10.2. The smallest absolute Gasteiger partial charge is 0.236 e. The maximum Gasteiger partial charge on any atom is 0.236 e. The van der Waals surface area contributed by atoms with Gasteiger partial charge in [0.15, 0.2) is 0 Å².